The van der Waals surface area contributed by atoms with E-state index in [0.29, 0.717) is 6.04 Å². The van der Waals surface area contributed by atoms with Crippen molar-refractivity contribution in [3.05, 3.63) is 42.0 Å². The highest BCUT2D eigenvalue weighted by Crippen LogP contribution is 2.42. The summed E-state index contributed by atoms with van der Waals surface area (Å²) in [7, 11) is 2.16. The van der Waals surface area contributed by atoms with E-state index in [-0.39, 0.29) is 5.60 Å². The van der Waals surface area contributed by atoms with Crippen molar-refractivity contribution in [1.82, 2.24) is 4.90 Å². The van der Waals surface area contributed by atoms with Gasteiger partial charge in [-0.2, -0.15) is 0 Å². The van der Waals surface area contributed by atoms with Crippen molar-refractivity contribution in [2.45, 2.75) is 30.9 Å². The van der Waals surface area contributed by atoms with Crippen LogP contribution in [0.1, 0.15) is 24.8 Å². The highest BCUT2D eigenvalue weighted by molar-refractivity contribution is 5.51. The first kappa shape index (κ1) is 11.0. The summed E-state index contributed by atoms with van der Waals surface area (Å²) in [4.78, 5) is 2.34. The van der Waals surface area contributed by atoms with E-state index < -0.39 is 0 Å². The van der Waals surface area contributed by atoms with Gasteiger partial charge in [0.05, 0.1) is 0 Å². The topological polar surface area (TPSA) is 12.5 Å². The van der Waals surface area contributed by atoms with Crippen LogP contribution in [0.15, 0.2) is 36.4 Å². The van der Waals surface area contributed by atoms with Gasteiger partial charge in [0.15, 0.2) is 0 Å². The smallest absolute Gasteiger partial charge is 0.104 e. The molecule has 2 fully saturated rings. The van der Waals surface area contributed by atoms with Crippen LogP contribution in [0.3, 0.4) is 0 Å². The van der Waals surface area contributed by atoms with Gasteiger partial charge < -0.3 is 4.74 Å². The molecule has 2 aliphatic rings. The molecule has 2 nitrogen and oxygen atoms in total. The molecule has 0 spiro atoms. The molecule has 1 aromatic rings. The van der Waals surface area contributed by atoms with Gasteiger partial charge in [0.2, 0.25) is 0 Å². The molecular formula is C15H19NO. The Morgan fingerprint density at radius 3 is 3.00 bits per heavy atom. The largest absolute Gasteiger partial charge is 0.354 e. The van der Waals surface area contributed by atoms with Gasteiger partial charge in [0.1, 0.15) is 12.3 Å². The molecule has 1 aromatic carbocycles. The van der Waals surface area contributed by atoms with Crippen molar-refractivity contribution >= 4 is 6.08 Å². The number of hydrogen-bond acceptors (Lipinski definition) is 2. The molecule has 2 heteroatoms. The van der Waals surface area contributed by atoms with E-state index in [0.717, 1.165) is 13.2 Å². The number of hydrogen-bond donors (Lipinski definition) is 0. The molecule has 0 bridgehead atoms. The van der Waals surface area contributed by atoms with E-state index in [9.17, 15) is 0 Å². The predicted octanol–water partition coefficient (Wildman–Crippen LogP) is 2.91. The number of nitrogens with zero attached hydrogens (tertiary/aromatic N) is 1. The van der Waals surface area contributed by atoms with E-state index in [4.69, 9.17) is 4.74 Å². The minimum absolute atomic E-state index is 0.0232. The zero-order chi connectivity index (χ0) is 11.7. The van der Waals surface area contributed by atoms with Gasteiger partial charge in [0.25, 0.3) is 0 Å². The SMILES string of the molecule is CN1CO[C@]2(/C=C/c3ccccc3)CCC[C@H]12. The fraction of sp³-hybridized carbons (Fsp3) is 0.467. The zero-order valence-electron chi connectivity index (χ0n) is 10.3. The molecule has 0 N–H and O–H groups in total. The molecule has 2 atom stereocenters. The second-order valence-electron chi connectivity index (χ2n) is 5.14. The Labute approximate surface area is 103 Å². The Bertz CT molecular complexity index is 414. The van der Waals surface area contributed by atoms with Crippen molar-refractivity contribution in [3.63, 3.8) is 0 Å². The lowest BCUT2D eigenvalue weighted by atomic mass is 9.96. The molecule has 1 saturated carbocycles. The average Bonchev–Trinajstić information content (AvgIpc) is 2.90. The van der Waals surface area contributed by atoms with Gasteiger partial charge in [-0.3, -0.25) is 4.90 Å². The normalized spacial score (nSPS) is 33.4. The van der Waals surface area contributed by atoms with E-state index >= 15 is 0 Å². The van der Waals surface area contributed by atoms with Gasteiger partial charge in [0, 0.05) is 6.04 Å². The van der Waals surface area contributed by atoms with Crippen LogP contribution >= 0.6 is 0 Å². The van der Waals surface area contributed by atoms with Crippen molar-refractivity contribution in [2.24, 2.45) is 0 Å². The van der Waals surface area contributed by atoms with Crippen LogP contribution in [0.2, 0.25) is 0 Å². The minimum Gasteiger partial charge on any atom is -0.354 e. The highest BCUT2D eigenvalue weighted by atomic mass is 16.5. The van der Waals surface area contributed by atoms with E-state index in [2.05, 4.69) is 48.4 Å². The van der Waals surface area contributed by atoms with Gasteiger partial charge in [-0.1, -0.05) is 42.5 Å². The summed E-state index contributed by atoms with van der Waals surface area (Å²) >= 11 is 0. The lowest BCUT2D eigenvalue weighted by Crippen LogP contribution is -2.37. The third-order valence-electron chi connectivity index (χ3n) is 4.04. The van der Waals surface area contributed by atoms with Crippen LogP contribution < -0.4 is 0 Å². The third kappa shape index (κ3) is 1.92. The Hall–Kier alpha value is -1.12. The molecule has 0 radical (unpaired) electrons. The van der Waals surface area contributed by atoms with E-state index in [1.54, 1.807) is 0 Å². The Kier molecular flexibility index (Phi) is 2.77. The molecule has 1 aliphatic carbocycles. The number of ether oxygens (including phenoxy) is 1. The van der Waals surface area contributed by atoms with Crippen molar-refractivity contribution < 1.29 is 4.74 Å². The Balaban J connectivity index is 1.82. The molecule has 0 aromatic heterocycles. The maximum absolute atomic E-state index is 6.04. The van der Waals surface area contributed by atoms with Crippen LogP contribution in [0.5, 0.6) is 0 Å². The minimum atomic E-state index is -0.0232. The van der Waals surface area contributed by atoms with Gasteiger partial charge in [-0.25, -0.2) is 0 Å². The number of likely N-dealkylation sites (N-methyl/N-ethyl adjacent to an activating group) is 1. The maximum atomic E-state index is 6.04. The molecule has 17 heavy (non-hydrogen) atoms. The number of fused-ring (bicyclic) bond motifs is 1. The molecule has 1 saturated heterocycles. The van der Waals surface area contributed by atoms with Gasteiger partial charge >= 0.3 is 0 Å². The average molecular weight is 229 g/mol. The number of benzene rings is 1. The molecule has 3 rings (SSSR count). The van der Waals surface area contributed by atoms with E-state index in [1.807, 2.05) is 6.07 Å². The first-order valence-electron chi connectivity index (χ1n) is 6.39. The first-order chi connectivity index (χ1) is 8.30. The van der Waals surface area contributed by atoms with Crippen LogP contribution in [0, 0.1) is 0 Å². The predicted molar refractivity (Wildman–Crippen MR) is 69.6 cm³/mol. The molecule has 0 unspecified atom stereocenters. The van der Waals surface area contributed by atoms with Crippen molar-refractivity contribution in [3.8, 4) is 0 Å². The zero-order valence-corrected chi connectivity index (χ0v) is 10.3. The summed E-state index contributed by atoms with van der Waals surface area (Å²) in [6.45, 7) is 0.768. The summed E-state index contributed by atoms with van der Waals surface area (Å²) in [5.41, 5.74) is 1.23. The lowest BCUT2D eigenvalue weighted by molar-refractivity contribution is 0.0395. The number of rotatable bonds is 2. The van der Waals surface area contributed by atoms with Crippen molar-refractivity contribution in [2.75, 3.05) is 13.8 Å². The summed E-state index contributed by atoms with van der Waals surface area (Å²) in [5, 5.41) is 0. The standard InChI is InChI=1S/C15H19NO/c1-16-12-17-15(10-5-8-14(15)16)11-9-13-6-3-2-4-7-13/h2-4,6-7,9,11,14H,5,8,10,12H2,1H3/b11-9+/t14-,15-/m0/s1. The van der Waals surface area contributed by atoms with Crippen LogP contribution in [-0.4, -0.2) is 30.3 Å². The maximum Gasteiger partial charge on any atom is 0.104 e. The Morgan fingerprint density at radius 2 is 2.18 bits per heavy atom. The molecule has 1 aliphatic heterocycles. The Morgan fingerprint density at radius 1 is 1.35 bits per heavy atom. The van der Waals surface area contributed by atoms with Crippen molar-refractivity contribution in [1.29, 1.82) is 0 Å². The van der Waals surface area contributed by atoms with Crippen LogP contribution in [0.4, 0.5) is 0 Å². The summed E-state index contributed by atoms with van der Waals surface area (Å²) < 4.78 is 6.04. The fourth-order valence-corrected chi connectivity index (χ4v) is 3.10. The fourth-order valence-electron chi connectivity index (χ4n) is 3.10. The van der Waals surface area contributed by atoms with Gasteiger partial charge in [-0.05, 0) is 31.9 Å². The monoisotopic (exact) mass is 229 g/mol. The van der Waals surface area contributed by atoms with Crippen LogP contribution in [0.25, 0.3) is 6.08 Å². The van der Waals surface area contributed by atoms with Gasteiger partial charge in [-0.15, -0.1) is 0 Å². The van der Waals surface area contributed by atoms with E-state index in [1.165, 1.54) is 18.4 Å². The molecule has 1 heterocycles. The first-order valence-corrected chi connectivity index (χ1v) is 6.39. The summed E-state index contributed by atoms with van der Waals surface area (Å²) in [5.74, 6) is 0. The summed E-state index contributed by atoms with van der Waals surface area (Å²) in [6, 6.07) is 11.0. The molecule has 0 amide bonds. The van der Waals surface area contributed by atoms with Crippen LogP contribution in [-0.2, 0) is 4.74 Å². The molecular weight excluding hydrogens is 210 g/mol. The molecule has 90 valence electrons. The third-order valence-corrected chi connectivity index (χ3v) is 4.04. The summed E-state index contributed by atoms with van der Waals surface area (Å²) in [6.07, 6.45) is 8.18. The highest BCUT2D eigenvalue weighted by Gasteiger charge is 2.48. The second-order valence-corrected chi connectivity index (χ2v) is 5.14. The lowest BCUT2D eigenvalue weighted by Gasteiger charge is -2.25. The quantitative estimate of drug-likeness (QED) is 0.773. The second kappa shape index (κ2) is 4.28.